The zero-order valence-electron chi connectivity index (χ0n) is 10.6. The van der Waals surface area contributed by atoms with Gasteiger partial charge >= 0.3 is 5.97 Å². The van der Waals surface area contributed by atoms with Crippen LogP contribution in [0.4, 0.5) is 0 Å². The summed E-state index contributed by atoms with van der Waals surface area (Å²) in [7, 11) is 1.52. The number of rotatable bonds is 4. The topological polar surface area (TPSA) is 68.7 Å². The van der Waals surface area contributed by atoms with Crippen LogP contribution in [0, 0.1) is 6.92 Å². The molecule has 19 heavy (non-hydrogen) atoms. The molecule has 0 fully saturated rings. The molecule has 5 heteroatoms. The second-order valence-electron chi connectivity index (χ2n) is 3.87. The molecular weight excluding hydrogens is 246 g/mol. The minimum Gasteiger partial charge on any atom is -0.493 e. The molecule has 0 aliphatic rings. The number of aromatic carboxylic acids is 1. The van der Waals surface area contributed by atoms with Gasteiger partial charge in [0.2, 0.25) is 5.88 Å². The minimum absolute atomic E-state index is 0.0495. The molecule has 2 rings (SSSR count). The molecule has 1 heterocycles. The standard InChI is InChI=1S/C14H13NO4/c1-9-7-8-15-13(12(9)14(16)17)19-11-6-4-3-5-10(11)18-2/h3-8H,1-2H3,(H,16,17). The van der Waals surface area contributed by atoms with Gasteiger partial charge in [-0.3, -0.25) is 0 Å². The third-order valence-corrected chi connectivity index (χ3v) is 2.61. The van der Waals surface area contributed by atoms with E-state index in [1.807, 2.05) is 0 Å². The largest absolute Gasteiger partial charge is 0.493 e. The van der Waals surface area contributed by atoms with E-state index >= 15 is 0 Å². The monoisotopic (exact) mass is 259 g/mol. The molecule has 0 unspecified atom stereocenters. The third-order valence-electron chi connectivity index (χ3n) is 2.61. The molecule has 0 saturated carbocycles. The zero-order chi connectivity index (χ0) is 13.8. The maximum Gasteiger partial charge on any atom is 0.341 e. The maximum absolute atomic E-state index is 11.2. The molecule has 0 atom stereocenters. The number of pyridine rings is 1. The molecule has 1 aromatic heterocycles. The summed E-state index contributed by atoms with van der Waals surface area (Å²) in [5, 5.41) is 9.20. The van der Waals surface area contributed by atoms with Gasteiger partial charge in [0, 0.05) is 6.20 Å². The van der Waals surface area contributed by atoms with Crippen LogP contribution in [-0.4, -0.2) is 23.2 Å². The van der Waals surface area contributed by atoms with Crippen molar-refractivity contribution >= 4 is 5.97 Å². The summed E-state index contributed by atoms with van der Waals surface area (Å²) in [6, 6.07) is 8.61. The van der Waals surface area contributed by atoms with E-state index in [1.165, 1.54) is 13.3 Å². The Labute approximate surface area is 110 Å². The zero-order valence-corrected chi connectivity index (χ0v) is 10.6. The lowest BCUT2D eigenvalue weighted by Crippen LogP contribution is -2.05. The highest BCUT2D eigenvalue weighted by Gasteiger charge is 2.17. The Kier molecular flexibility index (Phi) is 3.66. The molecule has 0 spiro atoms. The molecule has 0 radical (unpaired) electrons. The van der Waals surface area contributed by atoms with Crippen molar-refractivity contribution in [3.63, 3.8) is 0 Å². The summed E-state index contributed by atoms with van der Waals surface area (Å²) in [6.45, 7) is 1.69. The number of benzene rings is 1. The van der Waals surface area contributed by atoms with Gasteiger partial charge in [-0.25, -0.2) is 9.78 Å². The third kappa shape index (κ3) is 2.65. The van der Waals surface area contributed by atoms with Crippen molar-refractivity contribution in [1.29, 1.82) is 0 Å². The molecule has 5 nitrogen and oxygen atoms in total. The number of carboxylic acids is 1. The average Bonchev–Trinajstić information content (AvgIpc) is 2.39. The molecule has 0 bridgehead atoms. The Hall–Kier alpha value is -2.56. The number of ether oxygens (including phenoxy) is 2. The van der Waals surface area contributed by atoms with E-state index < -0.39 is 5.97 Å². The van der Waals surface area contributed by atoms with E-state index in [-0.39, 0.29) is 11.4 Å². The first-order valence-corrected chi connectivity index (χ1v) is 5.63. The van der Waals surface area contributed by atoms with Crippen molar-refractivity contribution in [2.45, 2.75) is 6.92 Å². The molecular formula is C14H13NO4. The van der Waals surface area contributed by atoms with Crippen LogP contribution in [0.1, 0.15) is 15.9 Å². The first-order chi connectivity index (χ1) is 9.13. The van der Waals surface area contributed by atoms with Gasteiger partial charge in [0.1, 0.15) is 5.56 Å². The van der Waals surface area contributed by atoms with Crippen molar-refractivity contribution in [2.24, 2.45) is 0 Å². The number of carbonyl (C=O) groups is 1. The smallest absolute Gasteiger partial charge is 0.341 e. The Morgan fingerprint density at radius 2 is 1.89 bits per heavy atom. The van der Waals surface area contributed by atoms with E-state index in [9.17, 15) is 9.90 Å². The highest BCUT2D eigenvalue weighted by molar-refractivity contribution is 5.91. The number of hydrogen-bond acceptors (Lipinski definition) is 4. The van der Waals surface area contributed by atoms with Gasteiger partial charge in [-0.15, -0.1) is 0 Å². The average molecular weight is 259 g/mol. The summed E-state index contributed by atoms with van der Waals surface area (Å²) in [4.78, 5) is 15.2. The maximum atomic E-state index is 11.2. The lowest BCUT2D eigenvalue weighted by Gasteiger charge is -2.11. The number of aryl methyl sites for hydroxylation is 1. The fourth-order valence-electron chi connectivity index (χ4n) is 1.68. The summed E-state index contributed by atoms with van der Waals surface area (Å²) in [6.07, 6.45) is 1.51. The predicted octanol–water partition coefficient (Wildman–Crippen LogP) is 2.89. The summed E-state index contributed by atoms with van der Waals surface area (Å²) in [5.41, 5.74) is 0.640. The SMILES string of the molecule is COc1ccccc1Oc1nccc(C)c1C(=O)O. The lowest BCUT2D eigenvalue weighted by atomic mass is 10.1. The van der Waals surface area contributed by atoms with E-state index in [0.29, 0.717) is 17.1 Å². The number of carboxylic acid groups (broad SMARTS) is 1. The van der Waals surface area contributed by atoms with Gasteiger partial charge in [-0.05, 0) is 30.7 Å². The van der Waals surface area contributed by atoms with Crippen LogP contribution < -0.4 is 9.47 Å². The number of methoxy groups -OCH3 is 1. The Bertz CT molecular complexity index is 610. The number of para-hydroxylation sites is 2. The molecule has 0 saturated heterocycles. The minimum atomic E-state index is -1.07. The molecule has 1 N–H and O–H groups in total. The van der Waals surface area contributed by atoms with E-state index in [0.717, 1.165) is 0 Å². The second kappa shape index (κ2) is 5.39. The fraction of sp³-hybridized carbons (Fsp3) is 0.143. The Balaban J connectivity index is 2.44. The van der Waals surface area contributed by atoms with Crippen LogP contribution >= 0.6 is 0 Å². The predicted molar refractivity (Wildman–Crippen MR) is 69.0 cm³/mol. The Morgan fingerprint density at radius 1 is 1.21 bits per heavy atom. The molecule has 0 aliphatic heterocycles. The Morgan fingerprint density at radius 3 is 2.53 bits per heavy atom. The summed E-state index contributed by atoms with van der Waals surface area (Å²) >= 11 is 0. The van der Waals surface area contributed by atoms with Crippen LogP contribution in [0.25, 0.3) is 0 Å². The van der Waals surface area contributed by atoms with Crippen molar-refractivity contribution in [2.75, 3.05) is 7.11 Å². The number of nitrogens with zero attached hydrogens (tertiary/aromatic N) is 1. The normalized spacial score (nSPS) is 10.0. The second-order valence-corrected chi connectivity index (χ2v) is 3.87. The molecule has 0 amide bonds. The van der Waals surface area contributed by atoms with Crippen molar-refractivity contribution in [3.05, 3.63) is 47.7 Å². The molecule has 0 aliphatic carbocycles. The highest BCUT2D eigenvalue weighted by Crippen LogP contribution is 2.32. The van der Waals surface area contributed by atoms with Gasteiger partial charge in [0.05, 0.1) is 7.11 Å². The molecule has 98 valence electrons. The van der Waals surface area contributed by atoms with Crippen molar-refractivity contribution in [1.82, 2.24) is 4.98 Å². The summed E-state index contributed by atoms with van der Waals surface area (Å²) < 4.78 is 10.7. The van der Waals surface area contributed by atoms with Gasteiger partial charge in [-0.1, -0.05) is 12.1 Å². The first-order valence-electron chi connectivity index (χ1n) is 5.63. The quantitative estimate of drug-likeness (QED) is 0.914. The van der Waals surface area contributed by atoms with Gasteiger partial charge in [0.25, 0.3) is 0 Å². The van der Waals surface area contributed by atoms with Crippen LogP contribution in [0.15, 0.2) is 36.5 Å². The van der Waals surface area contributed by atoms with Crippen LogP contribution in [-0.2, 0) is 0 Å². The van der Waals surface area contributed by atoms with Crippen molar-refractivity contribution in [3.8, 4) is 17.4 Å². The fourth-order valence-corrected chi connectivity index (χ4v) is 1.68. The number of aromatic nitrogens is 1. The van der Waals surface area contributed by atoms with E-state index in [1.54, 1.807) is 37.3 Å². The van der Waals surface area contributed by atoms with Gasteiger partial charge in [-0.2, -0.15) is 0 Å². The van der Waals surface area contributed by atoms with Crippen LogP contribution in [0.5, 0.6) is 17.4 Å². The molecule has 2 aromatic rings. The van der Waals surface area contributed by atoms with E-state index in [2.05, 4.69) is 4.98 Å². The lowest BCUT2D eigenvalue weighted by molar-refractivity contribution is 0.0692. The van der Waals surface area contributed by atoms with Gasteiger partial charge in [0.15, 0.2) is 11.5 Å². The summed E-state index contributed by atoms with van der Waals surface area (Å²) in [5.74, 6) is -0.0831. The van der Waals surface area contributed by atoms with Gasteiger partial charge < -0.3 is 14.6 Å². The number of hydrogen-bond donors (Lipinski definition) is 1. The van der Waals surface area contributed by atoms with E-state index in [4.69, 9.17) is 9.47 Å². The molecule has 1 aromatic carbocycles. The first kappa shape index (κ1) is 12.9. The highest BCUT2D eigenvalue weighted by atomic mass is 16.5. The van der Waals surface area contributed by atoms with Crippen LogP contribution in [0.3, 0.4) is 0 Å². The van der Waals surface area contributed by atoms with Crippen LogP contribution in [0.2, 0.25) is 0 Å². The van der Waals surface area contributed by atoms with Crippen molar-refractivity contribution < 1.29 is 19.4 Å².